The maximum absolute atomic E-state index is 12.2. The monoisotopic (exact) mass is 391 g/mol. The number of nitrogens with one attached hydrogen (secondary N) is 3. The number of anilines is 1. The van der Waals surface area contributed by atoms with Gasteiger partial charge in [-0.1, -0.05) is 26.2 Å². The summed E-state index contributed by atoms with van der Waals surface area (Å²) in [5, 5.41) is 8.81. The molecular formula is C20H29N3O3S. The summed E-state index contributed by atoms with van der Waals surface area (Å²) in [5.41, 5.74) is 1.30. The SMILES string of the molecule is CCCCCCC(=O)NC(=S)Nc1ccc(C(=O)NCC2CCCO2)cc1. The van der Waals surface area contributed by atoms with Gasteiger partial charge in [0.2, 0.25) is 5.91 Å². The van der Waals surface area contributed by atoms with Crippen LogP contribution >= 0.6 is 12.2 Å². The Hall–Kier alpha value is -1.99. The van der Waals surface area contributed by atoms with Crippen LogP contribution in [-0.2, 0) is 9.53 Å². The molecule has 0 aromatic heterocycles. The van der Waals surface area contributed by atoms with Crippen molar-refractivity contribution < 1.29 is 14.3 Å². The number of rotatable bonds is 9. The number of carbonyl (C=O) groups excluding carboxylic acids is 2. The highest BCUT2D eigenvalue weighted by atomic mass is 32.1. The molecule has 3 N–H and O–H groups in total. The molecule has 1 fully saturated rings. The zero-order valence-corrected chi connectivity index (χ0v) is 16.7. The molecule has 6 nitrogen and oxygen atoms in total. The van der Waals surface area contributed by atoms with Gasteiger partial charge in [-0.15, -0.1) is 0 Å². The molecule has 2 amide bonds. The summed E-state index contributed by atoms with van der Waals surface area (Å²) in [6.07, 6.45) is 6.86. The number of ether oxygens (including phenoxy) is 1. The number of amides is 2. The molecule has 148 valence electrons. The molecule has 0 bridgehead atoms. The molecule has 1 aliphatic heterocycles. The van der Waals surface area contributed by atoms with E-state index in [1.165, 1.54) is 0 Å². The van der Waals surface area contributed by atoms with Gasteiger partial charge in [-0.25, -0.2) is 0 Å². The van der Waals surface area contributed by atoms with E-state index in [0.717, 1.165) is 50.8 Å². The Labute approximate surface area is 166 Å². The second kappa shape index (κ2) is 11.7. The van der Waals surface area contributed by atoms with E-state index in [1.807, 2.05) is 0 Å². The molecule has 1 heterocycles. The molecule has 1 aromatic carbocycles. The standard InChI is InChI=1S/C20H29N3O3S/c1-2-3-4-5-8-18(24)23-20(27)22-16-11-9-15(10-12-16)19(25)21-14-17-7-6-13-26-17/h9-12,17H,2-8,13-14H2,1H3,(H,21,25)(H2,22,23,24,27). The van der Waals surface area contributed by atoms with Crippen LogP contribution in [0, 0.1) is 0 Å². The Kier molecular flexibility index (Phi) is 9.21. The third-order valence-electron chi connectivity index (χ3n) is 4.43. The van der Waals surface area contributed by atoms with Crippen molar-refractivity contribution in [3.8, 4) is 0 Å². The molecule has 0 saturated carbocycles. The van der Waals surface area contributed by atoms with E-state index in [2.05, 4.69) is 22.9 Å². The lowest BCUT2D eigenvalue weighted by Crippen LogP contribution is -2.34. The fraction of sp³-hybridized carbons (Fsp3) is 0.550. The van der Waals surface area contributed by atoms with E-state index in [0.29, 0.717) is 18.5 Å². The Morgan fingerprint density at radius 2 is 1.96 bits per heavy atom. The third-order valence-corrected chi connectivity index (χ3v) is 4.63. The molecule has 1 aliphatic rings. The predicted molar refractivity (Wildman–Crippen MR) is 111 cm³/mol. The van der Waals surface area contributed by atoms with E-state index in [9.17, 15) is 9.59 Å². The van der Waals surface area contributed by atoms with Crippen molar-refractivity contribution in [2.45, 2.75) is 58.0 Å². The summed E-state index contributed by atoms with van der Waals surface area (Å²) >= 11 is 5.16. The Bertz CT molecular complexity index is 628. The molecule has 0 spiro atoms. The first-order valence-corrected chi connectivity index (χ1v) is 10.1. The van der Waals surface area contributed by atoms with Crippen LogP contribution in [0.15, 0.2) is 24.3 Å². The smallest absolute Gasteiger partial charge is 0.251 e. The molecule has 0 radical (unpaired) electrons. The first-order valence-electron chi connectivity index (χ1n) is 9.69. The number of unbranched alkanes of at least 4 members (excludes halogenated alkanes) is 3. The van der Waals surface area contributed by atoms with Gasteiger partial charge in [0.05, 0.1) is 6.10 Å². The largest absolute Gasteiger partial charge is 0.376 e. The van der Waals surface area contributed by atoms with Crippen molar-refractivity contribution in [3.63, 3.8) is 0 Å². The second-order valence-electron chi connectivity index (χ2n) is 6.74. The predicted octanol–water partition coefficient (Wildman–Crippen LogP) is 3.38. The highest BCUT2D eigenvalue weighted by molar-refractivity contribution is 7.80. The maximum Gasteiger partial charge on any atom is 0.251 e. The van der Waals surface area contributed by atoms with Crippen molar-refractivity contribution in [3.05, 3.63) is 29.8 Å². The first-order chi connectivity index (χ1) is 13.1. The molecular weight excluding hydrogens is 362 g/mol. The van der Waals surface area contributed by atoms with Crippen LogP contribution in [0.3, 0.4) is 0 Å². The van der Waals surface area contributed by atoms with Gasteiger partial charge >= 0.3 is 0 Å². The topological polar surface area (TPSA) is 79.5 Å². The number of carbonyl (C=O) groups is 2. The minimum atomic E-state index is -0.125. The summed E-state index contributed by atoms with van der Waals surface area (Å²) in [4.78, 5) is 24.0. The highest BCUT2D eigenvalue weighted by Gasteiger charge is 2.16. The fourth-order valence-corrected chi connectivity index (χ4v) is 3.11. The average Bonchev–Trinajstić information content (AvgIpc) is 3.17. The minimum Gasteiger partial charge on any atom is -0.376 e. The van der Waals surface area contributed by atoms with Gasteiger partial charge < -0.3 is 20.7 Å². The quantitative estimate of drug-likeness (QED) is 0.444. The zero-order valence-electron chi connectivity index (χ0n) is 15.9. The van der Waals surface area contributed by atoms with Crippen molar-refractivity contribution >= 4 is 34.8 Å². The lowest BCUT2D eigenvalue weighted by atomic mass is 10.1. The van der Waals surface area contributed by atoms with Crippen LogP contribution in [-0.4, -0.2) is 36.2 Å². The lowest BCUT2D eigenvalue weighted by Gasteiger charge is -2.12. The summed E-state index contributed by atoms with van der Waals surface area (Å²) in [7, 11) is 0. The van der Waals surface area contributed by atoms with Crippen LogP contribution in [0.1, 0.15) is 62.2 Å². The molecule has 27 heavy (non-hydrogen) atoms. The van der Waals surface area contributed by atoms with Gasteiger partial charge in [-0.3, -0.25) is 9.59 Å². The van der Waals surface area contributed by atoms with Crippen molar-refractivity contribution in [2.24, 2.45) is 0 Å². The van der Waals surface area contributed by atoms with Crippen LogP contribution in [0.25, 0.3) is 0 Å². The number of thiocarbonyl (C=S) groups is 1. The van der Waals surface area contributed by atoms with Gasteiger partial charge in [0, 0.05) is 30.8 Å². The average molecular weight is 392 g/mol. The van der Waals surface area contributed by atoms with Crippen molar-refractivity contribution in [2.75, 3.05) is 18.5 Å². The van der Waals surface area contributed by atoms with Gasteiger partial charge in [-0.2, -0.15) is 0 Å². The summed E-state index contributed by atoms with van der Waals surface area (Å²) in [6.45, 7) is 3.45. The third kappa shape index (κ3) is 8.05. The van der Waals surface area contributed by atoms with Crippen molar-refractivity contribution in [1.29, 1.82) is 0 Å². The van der Waals surface area contributed by atoms with Crippen LogP contribution < -0.4 is 16.0 Å². The second-order valence-corrected chi connectivity index (χ2v) is 7.14. The summed E-state index contributed by atoms with van der Waals surface area (Å²) in [6, 6.07) is 6.98. The van der Waals surface area contributed by atoms with Crippen LogP contribution in [0.5, 0.6) is 0 Å². The molecule has 1 saturated heterocycles. The van der Waals surface area contributed by atoms with Gasteiger partial charge in [0.15, 0.2) is 5.11 Å². The normalized spacial score (nSPS) is 16.0. The van der Waals surface area contributed by atoms with E-state index in [-0.39, 0.29) is 23.0 Å². The van der Waals surface area contributed by atoms with Crippen molar-refractivity contribution in [1.82, 2.24) is 10.6 Å². The summed E-state index contributed by atoms with van der Waals surface area (Å²) in [5.74, 6) is -0.200. The van der Waals surface area contributed by atoms with Gasteiger partial charge in [-0.05, 0) is 55.7 Å². The fourth-order valence-electron chi connectivity index (χ4n) is 2.88. The zero-order chi connectivity index (χ0) is 19.5. The molecule has 1 aromatic rings. The van der Waals surface area contributed by atoms with Crippen LogP contribution in [0.2, 0.25) is 0 Å². The maximum atomic E-state index is 12.2. The minimum absolute atomic E-state index is 0.0752. The van der Waals surface area contributed by atoms with Gasteiger partial charge in [0.1, 0.15) is 0 Å². The molecule has 2 rings (SSSR count). The van der Waals surface area contributed by atoms with Crippen LogP contribution in [0.4, 0.5) is 5.69 Å². The van der Waals surface area contributed by atoms with Gasteiger partial charge in [0.25, 0.3) is 5.91 Å². The highest BCUT2D eigenvalue weighted by Crippen LogP contribution is 2.12. The molecule has 7 heteroatoms. The molecule has 0 aliphatic carbocycles. The molecule has 1 atom stereocenters. The Balaban J connectivity index is 1.71. The number of benzene rings is 1. The van der Waals surface area contributed by atoms with E-state index in [1.54, 1.807) is 24.3 Å². The lowest BCUT2D eigenvalue weighted by molar-refractivity contribution is -0.119. The number of hydrogen-bond donors (Lipinski definition) is 3. The summed E-state index contributed by atoms with van der Waals surface area (Å²) < 4.78 is 5.50. The van der Waals surface area contributed by atoms with E-state index < -0.39 is 0 Å². The first kappa shape index (κ1) is 21.3. The molecule has 1 unspecified atom stereocenters. The number of hydrogen-bond acceptors (Lipinski definition) is 4. The Morgan fingerprint density at radius 3 is 2.63 bits per heavy atom. The Morgan fingerprint density at radius 1 is 1.19 bits per heavy atom. The van der Waals surface area contributed by atoms with E-state index in [4.69, 9.17) is 17.0 Å². The van der Waals surface area contributed by atoms with E-state index >= 15 is 0 Å².